The highest BCUT2D eigenvalue weighted by atomic mass is 19.1. The Balaban J connectivity index is 1.68. The van der Waals surface area contributed by atoms with Gasteiger partial charge in [0.15, 0.2) is 5.95 Å². The van der Waals surface area contributed by atoms with Crippen molar-refractivity contribution in [2.75, 3.05) is 20.2 Å². The Morgan fingerprint density at radius 2 is 1.81 bits per heavy atom. The normalized spacial score (nSPS) is 18.7. The number of amides is 1. The molecule has 2 aromatic rings. The first kappa shape index (κ1) is 22.1. The van der Waals surface area contributed by atoms with Gasteiger partial charge in [0, 0.05) is 12.0 Å². The molecule has 1 fully saturated rings. The minimum absolute atomic E-state index is 0.202. The SMILES string of the molecule is C=CC(=C(F)NCC(=O)N1C[C@H](Oc2ccccc2)C[C@H]1C(=O)OC)c1ccccc1. The Labute approximate surface area is 181 Å². The number of nitrogens with one attached hydrogen (secondary N) is 1. The number of esters is 1. The number of hydrogen-bond donors (Lipinski definition) is 1. The van der Waals surface area contributed by atoms with Gasteiger partial charge in [-0.1, -0.05) is 61.2 Å². The molecular weight excluding hydrogens is 399 g/mol. The van der Waals surface area contributed by atoms with Gasteiger partial charge in [0.1, 0.15) is 17.9 Å². The number of nitrogens with zero attached hydrogens (tertiary/aromatic N) is 1. The molecule has 0 radical (unpaired) electrons. The second-order valence-corrected chi connectivity index (χ2v) is 7.03. The van der Waals surface area contributed by atoms with Gasteiger partial charge in [-0.3, -0.25) is 4.79 Å². The number of likely N-dealkylation sites (tertiary alicyclic amines) is 1. The van der Waals surface area contributed by atoms with Crippen LogP contribution in [0.3, 0.4) is 0 Å². The topological polar surface area (TPSA) is 67.9 Å². The van der Waals surface area contributed by atoms with Crippen molar-refractivity contribution in [1.29, 1.82) is 0 Å². The van der Waals surface area contributed by atoms with E-state index in [2.05, 4.69) is 11.9 Å². The van der Waals surface area contributed by atoms with Crippen LogP contribution in [0.1, 0.15) is 12.0 Å². The molecule has 1 aliphatic rings. The molecule has 0 spiro atoms. The van der Waals surface area contributed by atoms with Crippen LogP contribution in [0.2, 0.25) is 0 Å². The molecule has 2 aromatic carbocycles. The number of carbonyl (C=O) groups excluding carboxylic acids is 2. The molecule has 1 saturated heterocycles. The van der Waals surface area contributed by atoms with Crippen molar-refractivity contribution in [1.82, 2.24) is 10.2 Å². The van der Waals surface area contributed by atoms with Gasteiger partial charge in [-0.05, 0) is 17.7 Å². The van der Waals surface area contributed by atoms with Crippen molar-refractivity contribution in [3.8, 4) is 5.75 Å². The van der Waals surface area contributed by atoms with Gasteiger partial charge in [-0.2, -0.15) is 4.39 Å². The van der Waals surface area contributed by atoms with Crippen LogP contribution in [0.25, 0.3) is 5.57 Å². The van der Waals surface area contributed by atoms with Crippen LogP contribution in [0, 0.1) is 0 Å². The van der Waals surface area contributed by atoms with E-state index in [9.17, 15) is 14.0 Å². The summed E-state index contributed by atoms with van der Waals surface area (Å²) in [5, 5.41) is 2.51. The molecule has 0 aromatic heterocycles. The molecule has 0 bridgehead atoms. The highest BCUT2D eigenvalue weighted by molar-refractivity contribution is 5.86. The van der Waals surface area contributed by atoms with Crippen LogP contribution in [0.5, 0.6) is 5.75 Å². The second-order valence-electron chi connectivity index (χ2n) is 7.03. The predicted octanol–water partition coefficient (Wildman–Crippen LogP) is 3.32. The Morgan fingerprint density at radius 1 is 1.16 bits per heavy atom. The molecule has 1 aliphatic heterocycles. The first-order valence-electron chi connectivity index (χ1n) is 9.94. The maximum atomic E-state index is 14.7. The lowest BCUT2D eigenvalue weighted by Gasteiger charge is -2.22. The summed E-state index contributed by atoms with van der Waals surface area (Å²) in [5.74, 6) is -0.975. The zero-order valence-electron chi connectivity index (χ0n) is 17.3. The number of benzene rings is 2. The van der Waals surface area contributed by atoms with Crippen molar-refractivity contribution in [3.05, 3.63) is 84.8 Å². The summed E-state index contributed by atoms with van der Waals surface area (Å²) in [7, 11) is 1.27. The summed E-state index contributed by atoms with van der Waals surface area (Å²) in [4.78, 5) is 26.4. The number of methoxy groups -OCH3 is 1. The highest BCUT2D eigenvalue weighted by Gasteiger charge is 2.41. The number of allylic oxidation sites excluding steroid dienone is 2. The Hall–Kier alpha value is -3.61. The number of hydrogen-bond acceptors (Lipinski definition) is 5. The fourth-order valence-corrected chi connectivity index (χ4v) is 3.51. The number of carbonyl (C=O) groups is 2. The molecule has 3 rings (SSSR count). The predicted molar refractivity (Wildman–Crippen MR) is 116 cm³/mol. The van der Waals surface area contributed by atoms with E-state index in [0.717, 1.165) is 0 Å². The molecule has 0 saturated carbocycles. The molecule has 0 aliphatic carbocycles. The zero-order valence-corrected chi connectivity index (χ0v) is 17.3. The van der Waals surface area contributed by atoms with Crippen molar-refractivity contribution in [3.63, 3.8) is 0 Å². The van der Waals surface area contributed by atoms with Crippen LogP contribution in [0.4, 0.5) is 4.39 Å². The van der Waals surface area contributed by atoms with Crippen molar-refractivity contribution in [2.45, 2.75) is 18.6 Å². The van der Waals surface area contributed by atoms with Crippen LogP contribution in [-0.4, -0.2) is 49.1 Å². The standard InChI is InChI=1S/C24H25FN2O4/c1-3-20(17-10-6-4-7-11-17)23(25)26-15-22(28)27-16-19(14-21(27)24(29)30-2)31-18-12-8-5-9-13-18/h3-13,19,21,26H,1,14-16H2,2H3/t19-,21+/m1/s1. The molecule has 1 amide bonds. The van der Waals surface area contributed by atoms with E-state index in [1.54, 1.807) is 36.4 Å². The molecular formula is C24H25FN2O4. The Morgan fingerprint density at radius 3 is 2.42 bits per heavy atom. The molecule has 0 unspecified atom stereocenters. The highest BCUT2D eigenvalue weighted by Crippen LogP contribution is 2.24. The maximum absolute atomic E-state index is 14.7. The van der Waals surface area contributed by atoms with Crippen LogP contribution < -0.4 is 10.1 Å². The van der Waals surface area contributed by atoms with Gasteiger partial charge in [-0.15, -0.1) is 0 Å². The van der Waals surface area contributed by atoms with Gasteiger partial charge in [-0.25, -0.2) is 4.79 Å². The fraction of sp³-hybridized carbons (Fsp3) is 0.250. The monoisotopic (exact) mass is 424 g/mol. The minimum Gasteiger partial charge on any atom is -0.488 e. The Bertz CT molecular complexity index is 947. The van der Waals surface area contributed by atoms with E-state index < -0.39 is 23.9 Å². The average molecular weight is 424 g/mol. The lowest BCUT2D eigenvalue weighted by atomic mass is 10.1. The van der Waals surface area contributed by atoms with Crippen molar-refractivity contribution < 1.29 is 23.5 Å². The van der Waals surface area contributed by atoms with Gasteiger partial charge in [0.25, 0.3) is 0 Å². The van der Waals surface area contributed by atoms with E-state index in [-0.39, 0.29) is 24.8 Å². The summed E-state index contributed by atoms with van der Waals surface area (Å²) in [6.07, 6.45) is 1.32. The Kier molecular flexibility index (Phi) is 7.43. The smallest absolute Gasteiger partial charge is 0.328 e. The molecule has 1 heterocycles. The average Bonchev–Trinajstić information content (AvgIpc) is 3.22. The van der Waals surface area contributed by atoms with E-state index in [1.165, 1.54) is 18.1 Å². The fourth-order valence-electron chi connectivity index (χ4n) is 3.51. The van der Waals surface area contributed by atoms with E-state index in [1.807, 2.05) is 24.3 Å². The lowest BCUT2D eigenvalue weighted by molar-refractivity contribution is -0.150. The summed E-state index contributed by atoms with van der Waals surface area (Å²) >= 11 is 0. The van der Waals surface area contributed by atoms with Gasteiger partial charge >= 0.3 is 5.97 Å². The lowest BCUT2D eigenvalue weighted by Crippen LogP contribution is -2.45. The second kappa shape index (κ2) is 10.4. The third kappa shape index (κ3) is 5.51. The summed E-state index contributed by atoms with van der Waals surface area (Å²) in [5.41, 5.74) is 0.893. The van der Waals surface area contributed by atoms with Crippen LogP contribution in [-0.2, 0) is 14.3 Å². The quantitative estimate of drug-likeness (QED) is 0.400. The summed E-state index contributed by atoms with van der Waals surface area (Å²) in [6, 6.07) is 17.3. The summed E-state index contributed by atoms with van der Waals surface area (Å²) in [6.45, 7) is 3.53. The number of ether oxygens (including phenoxy) is 2. The van der Waals surface area contributed by atoms with Crippen molar-refractivity contribution in [2.24, 2.45) is 0 Å². The molecule has 6 nitrogen and oxygen atoms in total. The third-order valence-electron chi connectivity index (χ3n) is 5.02. The van der Waals surface area contributed by atoms with Gasteiger partial charge < -0.3 is 19.7 Å². The number of para-hydroxylation sites is 1. The van der Waals surface area contributed by atoms with Crippen LogP contribution in [0.15, 0.2) is 79.3 Å². The number of halogens is 1. The van der Waals surface area contributed by atoms with E-state index in [4.69, 9.17) is 9.47 Å². The first-order valence-corrected chi connectivity index (χ1v) is 9.94. The zero-order chi connectivity index (χ0) is 22.2. The molecule has 31 heavy (non-hydrogen) atoms. The molecule has 7 heteroatoms. The first-order chi connectivity index (χ1) is 15.0. The molecule has 162 valence electrons. The largest absolute Gasteiger partial charge is 0.488 e. The minimum atomic E-state index is -0.784. The molecule has 2 atom stereocenters. The van der Waals surface area contributed by atoms with E-state index >= 15 is 0 Å². The third-order valence-corrected chi connectivity index (χ3v) is 5.02. The molecule has 1 N–H and O–H groups in total. The van der Waals surface area contributed by atoms with Crippen molar-refractivity contribution >= 4 is 17.4 Å². The summed E-state index contributed by atoms with van der Waals surface area (Å²) < 4.78 is 25.4. The van der Waals surface area contributed by atoms with Gasteiger partial charge in [0.2, 0.25) is 5.91 Å². The number of rotatable bonds is 8. The maximum Gasteiger partial charge on any atom is 0.328 e. The van der Waals surface area contributed by atoms with Crippen LogP contribution >= 0.6 is 0 Å². The van der Waals surface area contributed by atoms with Gasteiger partial charge in [0.05, 0.1) is 20.2 Å². The van der Waals surface area contributed by atoms with E-state index in [0.29, 0.717) is 17.7 Å².